The minimum Gasteiger partial charge on any atom is -0.454 e. The van der Waals surface area contributed by atoms with Crippen molar-refractivity contribution in [3.05, 3.63) is 48.0 Å². The maximum absolute atomic E-state index is 8.98. The molecular weight excluding hydrogens is 368 g/mol. The summed E-state index contributed by atoms with van der Waals surface area (Å²) < 4.78 is 10.7. The number of hydrogen-bond donors (Lipinski definition) is 3. The lowest BCUT2D eigenvalue weighted by Gasteiger charge is -2.12. The van der Waals surface area contributed by atoms with E-state index in [0.29, 0.717) is 25.5 Å². The Hall–Kier alpha value is -2.77. The molecule has 2 heterocycles. The number of anilines is 2. The summed E-state index contributed by atoms with van der Waals surface area (Å²) >= 11 is 0. The third-order valence-electron chi connectivity index (χ3n) is 4.12. The molecule has 0 unspecified atom stereocenters. The van der Waals surface area contributed by atoms with Gasteiger partial charge < -0.3 is 25.2 Å². The largest absolute Gasteiger partial charge is 0.454 e. The van der Waals surface area contributed by atoms with Gasteiger partial charge in [0.25, 0.3) is 0 Å². The number of aliphatic hydroxyl groups is 1. The van der Waals surface area contributed by atoms with Gasteiger partial charge in [-0.1, -0.05) is 18.2 Å². The topological polar surface area (TPSA) is 88.5 Å². The predicted molar refractivity (Wildman–Crippen MR) is 107 cm³/mol. The minimum absolute atomic E-state index is 0. The van der Waals surface area contributed by atoms with Crippen molar-refractivity contribution in [2.24, 2.45) is 0 Å². The maximum Gasteiger partial charge on any atom is 0.231 e. The summed E-state index contributed by atoms with van der Waals surface area (Å²) in [5, 5.41) is 16.5. The van der Waals surface area contributed by atoms with Crippen molar-refractivity contribution in [1.29, 1.82) is 0 Å². The molecule has 142 valence electrons. The van der Waals surface area contributed by atoms with Crippen LogP contribution in [0.15, 0.2) is 42.5 Å². The van der Waals surface area contributed by atoms with E-state index in [4.69, 9.17) is 14.6 Å². The van der Waals surface area contributed by atoms with Crippen molar-refractivity contribution in [2.45, 2.75) is 13.0 Å². The normalized spacial score (nSPS) is 11.9. The average molecular weight is 389 g/mol. The monoisotopic (exact) mass is 388 g/mol. The number of nitrogens with zero attached hydrogens (tertiary/aromatic N) is 2. The molecular formula is C19H21ClN4O3. The van der Waals surface area contributed by atoms with Gasteiger partial charge in [0.1, 0.15) is 5.82 Å². The van der Waals surface area contributed by atoms with E-state index in [1.54, 1.807) is 0 Å². The molecule has 0 atom stereocenters. The molecule has 7 nitrogen and oxygen atoms in total. The van der Waals surface area contributed by atoms with Crippen LogP contribution in [0.2, 0.25) is 0 Å². The molecule has 2 aromatic carbocycles. The van der Waals surface area contributed by atoms with Gasteiger partial charge in [0.15, 0.2) is 11.5 Å². The van der Waals surface area contributed by atoms with Crippen LogP contribution in [0.3, 0.4) is 0 Å². The van der Waals surface area contributed by atoms with E-state index >= 15 is 0 Å². The first-order valence-electron chi connectivity index (χ1n) is 8.57. The van der Waals surface area contributed by atoms with Crippen LogP contribution in [0, 0.1) is 0 Å². The van der Waals surface area contributed by atoms with Crippen LogP contribution in [0.1, 0.15) is 12.0 Å². The van der Waals surface area contributed by atoms with E-state index < -0.39 is 0 Å². The van der Waals surface area contributed by atoms with E-state index in [-0.39, 0.29) is 25.8 Å². The number of ether oxygens (including phenoxy) is 2. The van der Waals surface area contributed by atoms with Crippen LogP contribution < -0.4 is 20.1 Å². The fourth-order valence-electron chi connectivity index (χ4n) is 2.81. The number of para-hydroxylation sites is 1. The molecule has 3 aromatic rings. The van der Waals surface area contributed by atoms with Gasteiger partial charge in [-0.3, -0.25) is 0 Å². The molecule has 0 bridgehead atoms. The Balaban J connectivity index is 0.00000210. The van der Waals surface area contributed by atoms with Gasteiger partial charge in [0.2, 0.25) is 12.7 Å². The molecule has 27 heavy (non-hydrogen) atoms. The summed E-state index contributed by atoms with van der Waals surface area (Å²) in [6.07, 6.45) is 0.665. The molecule has 0 amide bonds. The van der Waals surface area contributed by atoms with Crippen LogP contribution >= 0.6 is 12.4 Å². The van der Waals surface area contributed by atoms with Crippen LogP contribution in [-0.4, -0.2) is 35.0 Å². The fraction of sp³-hybridized carbons (Fsp3) is 0.263. The predicted octanol–water partition coefficient (Wildman–Crippen LogP) is 3.19. The van der Waals surface area contributed by atoms with Crippen LogP contribution in [-0.2, 0) is 6.54 Å². The third-order valence-corrected chi connectivity index (χ3v) is 4.12. The summed E-state index contributed by atoms with van der Waals surface area (Å²) in [6.45, 7) is 1.64. The van der Waals surface area contributed by atoms with Crippen LogP contribution in [0.25, 0.3) is 10.9 Å². The first-order chi connectivity index (χ1) is 12.8. The number of aromatic nitrogens is 2. The van der Waals surface area contributed by atoms with E-state index in [9.17, 15) is 0 Å². The Morgan fingerprint density at radius 1 is 1.00 bits per heavy atom. The molecule has 0 spiro atoms. The lowest BCUT2D eigenvalue weighted by Crippen LogP contribution is -2.09. The van der Waals surface area contributed by atoms with Crippen molar-refractivity contribution in [2.75, 3.05) is 30.6 Å². The van der Waals surface area contributed by atoms with E-state index in [2.05, 4.69) is 20.6 Å². The van der Waals surface area contributed by atoms with Crippen molar-refractivity contribution < 1.29 is 14.6 Å². The second-order valence-electron chi connectivity index (χ2n) is 5.96. The number of benzene rings is 2. The number of fused-ring (bicyclic) bond motifs is 2. The summed E-state index contributed by atoms with van der Waals surface area (Å²) in [6, 6.07) is 13.7. The first-order valence-corrected chi connectivity index (χ1v) is 8.57. The summed E-state index contributed by atoms with van der Waals surface area (Å²) in [7, 11) is 0. The van der Waals surface area contributed by atoms with Crippen molar-refractivity contribution in [3.63, 3.8) is 0 Å². The Morgan fingerprint density at radius 3 is 2.74 bits per heavy atom. The highest BCUT2D eigenvalue weighted by atomic mass is 35.5. The van der Waals surface area contributed by atoms with E-state index in [0.717, 1.165) is 33.8 Å². The molecule has 1 aromatic heterocycles. The standard InChI is InChI=1S/C19H20N4O3.ClH/c24-9-3-8-20-18-14-4-1-2-5-15(14)22-19(23-18)21-11-13-6-7-16-17(10-13)26-12-25-16;/h1-2,4-7,10,24H,3,8-9,11-12H2,(H2,20,21,22,23);1H. The summed E-state index contributed by atoms with van der Waals surface area (Å²) in [5.41, 5.74) is 1.92. The number of aliphatic hydroxyl groups excluding tert-OH is 1. The Morgan fingerprint density at radius 2 is 1.85 bits per heavy atom. The molecule has 0 fully saturated rings. The number of halogens is 1. The highest BCUT2D eigenvalue weighted by Crippen LogP contribution is 2.32. The highest BCUT2D eigenvalue weighted by Gasteiger charge is 2.13. The van der Waals surface area contributed by atoms with E-state index in [1.807, 2.05) is 42.5 Å². The Bertz CT molecular complexity index is 923. The molecule has 1 aliphatic heterocycles. The molecule has 0 saturated carbocycles. The van der Waals surface area contributed by atoms with Crippen molar-refractivity contribution in [3.8, 4) is 11.5 Å². The molecule has 1 aliphatic rings. The molecule has 0 saturated heterocycles. The van der Waals surface area contributed by atoms with Gasteiger partial charge >= 0.3 is 0 Å². The van der Waals surface area contributed by atoms with Gasteiger partial charge in [-0.2, -0.15) is 4.98 Å². The molecule has 4 rings (SSSR count). The van der Waals surface area contributed by atoms with Crippen molar-refractivity contribution >= 4 is 35.1 Å². The van der Waals surface area contributed by atoms with Gasteiger partial charge in [-0.05, 0) is 36.2 Å². The quantitative estimate of drug-likeness (QED) is 0.535. The zero-order chi connectivity index (χ0) is 17.8. The zero-order valence-corrected chi connectivity index (χ0v) is 15.5. The van der Waals surface area contributed by atoms with E-state index in [1.165, 1.54) is 0 Å². The van der Waals surface area contributed by atoms with Crippen molar-refractivity contribution in [1.82, 2.24) is 9.97 Å². The lowest BCUT2D eigenvalue weighted by atomic mass is 10.2. The van der Waals surface area contributed by atoms with Crippen LogP contribution in [0.4, 0.5) is 11.8 Å². The number of hydrogen-bond acceptors (Lipinski definition) is 7. The van der Waals surface area contributed by atoms with Crippen LogP contribution in [0.5, 0.6) is 11.5 Å². The second-order valence-corrected chi connectivity index (χ2v) is 5.96. The Labute approximate surface area is 163 Å². The van der Waals surface area contributed by atoms with Gasteiger partial charge in [0, 0.05) is 25.1 Å². The Kier molecular flexibility index (Phi) is 6.16. The molecule has 3 N–H and O–H groups in total. The smallest absolute Gasteiger partial charge is 0.231 e. The van der Waals surface area contributed by atoms with Gasteiger partial charge in [-0.15, -0.1) is 12.4 Å². The first kappa shape index (κ1) is 19.0. The molecule has 0 radical (unpaired) electrons. The summed E-state index contributed by atoms with van der Waals surface area (Å²) in [5.74, 6) is 2.84. The number of nitrogens with one attached hydrogen (secondary N) is 2. The highest BCUT2D eigenvalue weighted by molar-refractivity contribution is 5.90. The maximum atomic E-state index is 8.98. The zero-order valence-electron chi connectivity index (χ0n) is 14.6. The lowest BCUT2D eigenvalue weighted by molar-refractivity contribution is 0.174. The number of rotatable bonds is 7. The minimum atomic E-state index is 0. The summed E-state index contributed by atoms with van der Waals surface area (Å²) in [4.78, 5) is 9.17. The SMILES string of the molecule is Cl.OCCCNc1nc(NCc2ccc3c(c2)OCO3)nc2ccccc12. The molecule has 8 heteroatoms. The third kappa shape index (κ3) is 4.32. The fourth-order valence-corrected chi connectivity index (χ4v) is 2.81. The second kappa shape index (κ2) is 8.75. The van der Waals surface area contributed by atoms with Gasteiger partial charge in [-0.25, -0.2) is 4.98 Å². The average Bonchev–Trinajstić information content (AvgIpc) is 3.14. The molecule has 0 aliphatic carbocycles. The van der Waals surface area contributed by atoms with Gasteiger partial charge in [0.05, 0.1) is 5.52 Å².